The van der Waals surface area contributed by atoms with Gasteiger partial charge >= 0.3 is 0 Å². The van der Waals surface area contributed by atoms with E-state index in [-0.39, 0.29) is 0 Å². The van der Waals surface area contributed by atoms with Crippen LogP contribution in [0.3, 0.4) is 0 Å². The molecule has 2 fully saturated rings. The third kappa shape index (κ3) is 3.76. The lowest BCUT2D eigenvalue weighted by Gasteiger charge is -2.31. The lowest BCUT2D eigenvalue weighted by molar-refractivity contribution is 0.273. The number of piperidine rings is 1. The van der Waals surface area contributed by atoms with Gasteiger partial charge in [-0.3, -0.25) is 0 Å². The largest absolute Gasteiger partial charge is 0.317 e. The summed E-state index contributed by atoms with van der Waals surface area (Å²) in [4.78, 5) is 0. The molecule has 0 saturated carbocycles. The van der Waals surface area contributed by atoms with Crippen LogP contribution in [0.25, 0.3) is 0 Å². The monoisotopic (exact) mass is 210 g/mol. The van der Waals surface area contributed by atoms with E-state index in [1.165, 1.54) is 58.2 Å². The maximum atomic E-state index is 3.50. The molecule has 2 unspecified atom stereocenters. The molecule has 0 bridgehead atoms. The van der Waals surface area contributed by atoms with E-state index >= 15 is 0 Å². The third-order valence-corrected chi connectivity index (χ3v) is 4.14. The zero-order valence-electron chi connectivity index (χ0n) is 10.1. The minimum atomic E-state index is 0.855. The molecular weight excluding hydrogens is 184 g/mol. The van der Waals surface area contributed by atoms with Crippen LogP contribution in [-0.2, 0) is 0 Å². The average Bonchev–Trinajstić information content (AvgIpc) is 2.22. The summed E-state index contributed by atoms with van der Waals surface area (Å²) in [5.74, 6) is 1.95. The Hall–Kier alpha value is -0.0800. The van der Waals surface area contributed by atoms with Gasteiger partial charge in [0.15, 0.2) is 0 Å². The molecule has 0 aromatic heterocycles. The van der Waals surface area contributed by atoms with Gasteiger partial charge in [0.2, 0.25) is 0 Å². The number of nitrogens with one attached hydrogen (secondary N) is 2. The Labute approximate surface area is 94.2 Å². The van der Waals surface area contributed by atoms with Crippen LogP contribution in [0.4, 0.5) is 0 Å². The summed E-state index contributed by atoms with van der Waals surface area (Å²) in [5.41, 5.74) is 0. The van der Waals surface area contributed by atoms with Crippen molar-refractivity contribution in [2.45, 2.75) is 51.5 Å². The second-order valence-corrected chi connectivity index (χ2v) is 5.55. The van der Waals surface area contributed by atoms with Crippen molar-refractivity contribution in [2.75, 3.05) is 19.6 Å². The normalized spacial score (nSPS) is 29.8. The highest BCUT2D eigenvalue weighted by atomic mass is 15.0. The highest BCUT2D eigenvalue weighted by Crippen LogP contribution is 2.24. The fourth-order valence-corrected chi connectivity index (χ4v) is 2.84. The Bertz CT molecular complexity index is 171. The summed E-state index contributed by atoms with van der Waals surface area (Å²) < 4.78 is 0. The Morgan fingerprint density at radius 2 is 1.87 bits per heavy atom. The Morgan fingerprint density at radius 3 is 2.47 bits per heavy atom. The van der Waals surface area contributed by atoms with E-state index in [1.54, 1.807) is 0 Å². The summed E-state index contributed by atoms with van der Waals surface area (Å²) in [7, 11) is 0. The molecule has 2 nitrogen and oxygen atoms in total. The van der Waals surface area contributed by atoms with Gasteiger partial charge in [-0.1, -0.05) is 19.8 Å². The number of hydrogen-bond acceptors (Lipinski definition) is 2. The summed E-state index contributed by atoms with van der Waals surface area (Å²) in [6.45, 7) is 6.19. The van der Waals surface area contributed by atoms with Crippen molar-refractivity contribution in [2.24, 2.45) is 11.8 Å². The van der Waals surface area contributed by atoms with Gasteiger partial charge in [-0.15, -0.1) is 0 Å². The zero-order valence-corrected chi connectivity index (χ0v) is 10.1. The van der Waals surface area contributed by atoms with Crippen LogP contribution in [0, 0.1) is 11.8 Å². The molecule has 2 heterocycles. The van der Waals surface area contributed by atoms with Gasteiger partial charge in [0.05, 0.1) is 0 Å². The van der Waals surface area contributed by atoms with E-state index in [2.05, 4.69) is 17.6 Å². The summed E-state index contributed by atoms with van der Waals surface area (Å²) in [6.07, 6.45) is 8.56. The van der Waals surface area contributed by atoms with Crippen molar-refractivity contribution in [3.63, 3.8) is 0 Å². The second-order valence-electron chi connectivity index (χ2n) is 5.55. The van der Waals surface area contributed by atoms with Crippen molar-refractivity contribution in [1.29, 1.82) is 0 Å². The second kappa shape index (κ2) is 5.86. The number of hydrogen-bond donors (Lipinski definition) is 2. The topological polar surface area (TPSA) is 24.1 Å². The molecule has 2 rings (SSSR count). The molecule has 0 radical (unpaired) electrons. The first kappa shape index (κ1) is 11.4. The first-order chi connectivity index (χ1) is 7.34. The van der Waals surface area contributed by atoms with Gasteiger partial charge in [0.25, 0.3) is 0 Å². The van der Waals surface area contributed by atoms with Crippen molar-refractivity contribution in [3.05, 3.63) is 0 Å². The van der Waals surface area contributed by atoms with Crippen LogP contribution in [0.5, 0.6) is 0 Å². The highest BCUT2D eigenvalue weighted by Gasteiger charge is 2.20. The van der Waals surface area contributed by atoms with Crippen molar-refractivity contribution in [3.8, 4) is 0 Å². The molecule has 2 atom stereocenters. The smallest absolute Gasteiger partial charge is 0.00816 e. The molecule has 0 spiro atoms. The van der Waals surface area contributed by atoms with Crippen molar-refractivity contribution in [1.82, 2.24) is 10.6 Å². The maximum absolute atomic E-state index is 3.50. The molecule has 88 valence electrons. The summed E-state index contributed by atoms with van der Waals surface area (Å²) in [5, 5.41) is 6.95. The molecule has 15 heavy (non-hydrogen) atoms. The fourth-order valence-electron chi connectivity index (χ4n) is 2.84. The molecule has 2 aliphatic heterocycles. The van der Waals surface area contributed by atoms with Gasteiger partial charge < -0.3 is 10.6 Å². The fraction of sp³-hybridized carbons (Fsp3) is 1.00. The lowest BCUT2D eigenvalue weighted by atomic mass is 9.86. The average molecular weight is 210 g/mol. The quantitative estimate of drug-likeness (QED) is 0.726. The Morgan fingerprint density at radius 1 is 1.13 bits per heavy atom. The highest BCUT2D eigenvalue weighted by molar-refractivity contribution is 4.79. The summed E-state index contributed by atoms with van der Waals surface area (Å²) >= 11 is 0. The molecular formula is C13H26N2. The van der Waals surface area contributed by atoms with Crippen LogP contribution < -0.4 is 10.6 Å². The van der Waals surface area contributed by atoms with E-state index in [0.29, 0.717) is 0 Å². The molecule has 0 aromatic rings. The van der Waals surface area contributed by atoms with Crippen LogP contribution in [0.2, 0.25) is 0 Å². The Balaban J connectivity index is 1.55. The maximum Gasteiger partial charge on any atom is 0.00816 e. The lowest BCUT2D eigenvalue weighted by Crippen LogP contribution is -2.43. The summed E-state index contributed by atoms with van der Waals surface area (Å²) in [6, 6.07) is 0.855. The van der Waals surface area contributed by atoms with Crippen LogP contribution in [-0.4, -0.2) is 25.7 Å². The van der Waals surface area contributed by atoms with E-state index in [9.17, 15) is 0 Å². The molecule has 2 heteroatoms. The van der Waals surface area contributed by atoms with E-state index < -0.39 is 0 Å². The molecule has 0 aliphatic carbocycles. The standard InChI is InChI=1S/C13H26N2/c1-11(10-13-6-9-15-13)2-3-12-4-7-14-8-5-12/h11-15H,2-10H2,1H3. The van der Waals surface area contributed by atoms with Gasteiger partial charge in [0, 0.05) is 6.04 Å². The first-order valence-electron chi connectivity index (χ1n) is 6.78. The van der Waals surface area contributed by atoms with Gasteiger partial charge in [-0.05, 0) is 57.2 Å². The predicted molar refractivity (Wildman–Crippen MR) is 65.0 cm³/mol. The predicted octanol–water partition coefficient (Wildman–Crippen LogP) is 2.15. The van der Waals surface area contributed by atoms with Crippen LogP contribution in [0.1, 0.15) is 45.4 Å². The molecule has 0 aromatic carbocycles. The SMILES string of the molecule is CC(CCC1CCNCC1)CC1CCN1. The van der Waals surface area contributed by atoms with Crippen molar-refractivity contribution < 1.29 is 0 Å². The Kier molecular flexibility index (Phi) is 4.45. The van der Waals surface area contributed by atoms with Crippen LogP contribution in [0.15, 0.2) is 0 Å². The molecule has 2 N–H and O–H groups in total. The van der Waals surface area contributed by atoms with E-state index in [1.807, 2.05) is 0 Å². The molecule has 2 aliphatic rings. The minimum absolute atomic E-state index is 0.855. The first-order valence-corrected chi connectivity index (χ1v) is 6.78. The minimum Gasteiger partial charge on any atom is -0.317 e. The molecule has 0 amide bonds. The molecule has 2 saturated heterocycles. The van der Waals surface area contributed by atoms with Gasteiger partial charge in [-0.2, -0.15) is 0 Å². The van der Waals surface area contributed by atoms with Crippen LogP contribution >= 0.6 is 0 Å². The van der Waals surface area contributed by atoms with Crippen molar-refractivity contribution >= 4 is 0 Å². The van der Waals surface area contributed by atoms with E-state index in [4.69, 9.17) is 0 Å². The zero-order chi connectivity index (χ0) is 10.5. The third-order valence-electron chi connectivity index (χ3n) is 4.14. The number of rotatable bonds is 5. The van der Waals surface area contributed by atoms with Gasteiger partial charge in [0.1, 0.15) is 0 Å². The van der Waals surface area contributed by atoms with E-state index in [0.717, 1.165) is 17.9 Å². The van der Waals surface area contributed by atoms with Gasteiger partial charge in [-0.25, -0.2) is 0 Å².